The minimum atomic E-state index is -4.04. The van der Waals surface area contributed by atoms with E-state index in [1.165, 1.54) is 60.7 Å². The van der Waals surface area contributed by atoms with Gasteiger partial charge in [0.1, 0.15) is 5.82 Å². The maximum absolute atomic E-state index is 13.2. The van der Waals surface area contributed by atoms with Crippen molar-refractivity contribution in [1.29, 1.82) is 0 Å². The van der Waals surface area contributed by atoms with Crippen LogP contribution in [0, 0.1) is 5.82 Å². The molecule has 0 saturated heterocycles. The van der Waals surface area contributed by atoms with Crippen molar-refractivity contribution >= 4 is 31.6 Å². The zero-order valence-electron chi connectivity index (χ0n) is 16.7. The van der Waals surface area contributed by atoms with Gasteiger partial charge in [-0.15, -0.1) is 0 Å². The topological polar surface area (TPSA) is 127 Å². The number of nitrogens with two attached hydrogens (primary N) is 1. The monoisotopic (exact) mass is 477 g/mol. The highest BCUT2D eigenvalue weighted by atomic mass is 32.2. The van der Waals surface area contributed by atoms with E-state index in [1.54, 1.807) is 18.2 Å². The minimum Gasteiger partial charge on any atom is -0.325 e. The highest BCUT2D eigenvalue weighted by Crippen LogP contribution is 2.19. The van der Waals surface area contributed by atoms with Crippen molar-refractivity contribution in [2.24, 2.45) is 5.14 Å². The Morgan fingerprint density at radius 2 is 1.44 bits per heavy atom. The quantitative estimate of drug-likeness (QED) is 0.515. The van der Waals surface area contributed by atoms with Crippen LogP contribution in [-0.4, -0.2) is 33.6 Å². The van der Waals surface area contributed by atoms with Gasteiger partial charge < -0.3 is 5.32 Å². The molecule has 0 saturated carbocycles. The molecular weight excluding hydrogens is 457 g/mol. The number of nitrogens with one attached hydrogen (secondary N) is 1. The number of sulfonamides is 2. The smallest absolute Gasteiger partial charge is 0.243 e. The fourth-order valence-corrected chi connectivity index (χ4v) is 4.77. The van der Waals surface area contributed by atoms with Crippen molar-refractivity contribution in [2.75, 3.05) is 11.9 Å². The third-order valence-electron chi connectivity index (χ3n) is 4.44. The van der Waals surface area contributed by atoms with Crippen LogP contribution in [0.25, 0.3) is 0 Å². The maximum Gasteiger partial charge on any atom is 0.243 e. The lowest BCUT2D eigenvalue weighted by atomic mass is 10.2. The summed E-state index contributed by atoms with van der Waals surface area (Å²) in [6.45, 7) is -0.680. The van der Waals surface area contributed by atoms with Gasteiger partial charge >= 0.3 is 0 Å². The van der Waals surface area contributed by atoms with Crippen LogP contribution in [0.3, 0.4) is 0 Å². The van der Waals surface area contributed by atoms with Gasteiger partial charge in [-0.1, -0.05) is 30.3 Å². The molecule has 0 aliphatic rings. The van der Waals surface area contributed by atoms with Gasteiger partial charge in [-0.25, -0.2) is 26.4 Å². The second kappa shape index (κ2) is 9.57. The maximum atomic E-state index is 13.2. The average Bonchev–Trinajstić information content (AvgIpc) is 2.75. The number of hydrogen-bond donors (Lipinski definition) is 2. The lowest BCUT2D eigenvalue weighted by molar-refractivity contribution is -0.116. The van der Waals surface area contributed by atoms with E-state index in [9.17, 15) is 26.0 Å². The summed E-state index contributed by atoms with van der Waals surface area (Å²) in [4.78, 5) is 12.5. The van der Waals surface area contributed by atoms with Crippen molar-refractivity contribution in [3.8, 4) is 0 Å². The molecule has 0 radical (unpaired) electrons. The predicted molar refractivity (Wildman–Crippen MR) is 117 cm³/mol. The Morgan fingerprint density at radius 3 is 2.00 bits per heavy atom. The van der Waals surface area contributed by atoms with Gasteiger partial charge in [0.05, 0.1) is 16.3 Å². The van der Waals surface area contributed by atoms with E-state index in [1.807, 2.05) is 0 Å². The summed E-state index contributed by atoms with van der Waals surface area (Å²) in [5.74, 6) is -1.11. The molecule has 0 aromatic heterocycles. The molecule has 3 aromatic carbocycles. The number of nitrogens with zero attached hydrogens (tertiary/aromatic N) is 1. The normalized spacial score (nSPS) is 12.0. The first-order valence-electron chi connectivity index (χ1n) is 9.28. The molecule has 3 rings (SSSR count). The summed E-state index contributed by atoms with van der Waals surface area (Å²) >= 11 is 0. The Bertz CT molecular complexity index is 1300. The molecule has 0 spiro atoms. The Hall–Kier alpha value is -3.12. The van der Waals surface area contributed by atoms with Crippen molar-refractivity contribution in [2.45, 2.75) is 16.3 Å². The van der Waals surface area contributed by atoms with Crippen molar-refractivity contribution in [1.82, 2.24) is 4.31 Å². The fraction of sp³-hybridized carbons (Fsp3) is 0.0952. The Morgan fingerprint density at radius 1 is 0.844 bits per heavy atom. The molecule has 0 aliphatic heterocycles. The highest BCUT2D eigenvalue weighted by Gasteiger charge is 2.27. The number of rotatable bonds is 8. The van der Waals surface area contributed by atoms with Gasteiger partial charge in [0, 0.05) is 12.2 Å². The zero-order valence-corrected chi connectivity index (χ0v) is 18.3. The van der Waals surface area contributed by atoms with Gasteiger partial charge in [-0.2, -0.15) is 4.31 Å². The molecule has 11 heteroatoms. The van der Waals surface area contributed by atoms with E-state index in [4.69, 9.17) is 5.14 Å². The summed E-state index contributed by atoms with van der Waals surface area (Å²) in [5, 5.41) is 7.58. The number of benzene rings is 3. The standard InChI is InChI=1S/C21H20FN3O5S2/c22-17-8-6-16(7-9-17)14-25(32(29,30)20-4-2-1-3-5-20)15-21(26)24-18-10-12-19(13-11-18)31(23,27)28/h1-13H,14-15H2,(H,24,26)(H2,23,27,28). The number of primary sulfonamides is 1. The van der Waals surface area contributed by atoms with E-state index in [2.05, 4.69) is 5.32 Å². The van der Waals surface area contributed by atoms with Crippen molar-refractivity contribution < 1.29 is 26.0 Å². The minimum absolute atomic E-state index is 0.00687. The molecule has 32 heavy (non-hydrogen) atoms. The molecule has 3 N–H and O–H groups in total. The highest BCUT2D eigenvalue weighted by molar-refractivity contribution is 7.89. The summed E-state index contributed by atoms with van der Waals surface area (Å²) in [7, 11) is -7.92. The molecule has 0 unspecified atom stereocenters. The molecule has 3 aromatic rings. The first-order chi connectivity index (χ1) is 15.1. The van der Waals surface area contributed by atoms with Crippen LogP contribution in [0.4, 0.5) is 10.1 Å². The van der Waals surface area contributed by atoms with Crippen molar-refractivity contribution in [3.63, 3.8) is 0 Å². The van der Waals surface area contributed by atoms with Gasteiger partial charge in [-0.3, -0.25) is 4.79 Å². The van der Waals surface area contributed by atoms with Gasteiger partial charge in [0.25, 0.3) is 0 Å². The first-order valence-corrected chi connectivity index (χ1v) is 12.3. The molecule has 8 nitrogen and oxygen atoms in total. The van der Waals surface area contributed by atoms with E-state index < -0.39 is 38.3 Å². The SMILES string of the molecule is NS(=O)(=O)c1ccc(NC(=O)CN(Cc2ccc(F)cc2)S(=O)(=O)c2ccccc2)cc1. The summed E-state index contributed by atoms with van der Waals surface area (Å²) in [5.41, 5.74) is 0.762. The first kappa shape index (κ1) is 23.5. The molecule has 0 heterocycles. The van der Waals surface area contributed by atoms with Gasteiger partial charge in [-0.05, 0) is 54.1 Å². The van der Waals surface area contributed by atoms with Gasteiger partial charge in [0.15, 0.2) is 0 Å². The summed E-state index contributed by atoms with van der Waals surface area (Å²) < 4.78 is 63.2. The zero-order chi connectivity index (χ0) is 23.4. The number of amides is 1. The van der Waals surface area contributed by atoms with E-state index in [0.717, 1.165) is 4.31 Å². The second-order valence-electron chi connectivity index (χ2n) is 6.83. The number of anilines is 1. The third kappa shape index (κ3) is 5.98. The van der Waals surface area contributed by atoms with Crippen LogP contribution in [0.2, 0.25) is 0 Å². The average molecular weight is 478 g/mol. The second-order valence-corrected chi connectivity index (χ2v) is 10.3. The largest absolute Gasteiger partial charge is 0.325 e. The molecule has 0 bridgehead atoms. The Kier molecular flexibility index (Phi) is 7.04. The van der Waals surface area contributed by atoms with Crippen LogP contribution in [0.1, 0.15) is 5.56 Å². The van der Waals surface area contributed by atoms with Gasteiger partial charge in [0.2, 0.25) is 26.0 Å². The number of carbonyl (C=O) groups excluding carboxylic acids is 1. The Labute approximate surface area is 185 Å². The Balaban J connectivity index is 1.83. The molecular formula is C21H20FN3O5S2. The van der Waals surface area contributed by atoms with Crippen LogP contribution in [-0.2, 0) is 31.4 Å². The van der Waals surface area contributed by atoms with Crippen LogP contribution >= 0.6 is 0 Å². The number of carbonyl (C=O) groups is 1. The molecule has 0 aliphatic carbocycles. The molecule has 0 fully saturated rings. The lowest BCUT2D eigenvalue weighted by Gasteiger charge is -2.22. The van der Waals surface area contributed by atoms with E-state index in [-0.39, 0.29) is 22.0 Å². The third-order valence-corrected chi connectivity index (χ3v) is 7.17. The van der Waals surface area contributed by atoms with E-state index in [0.29, 0.717) is 5.56 Å². The number of hydrogen-bond acceptors (Lipinski definition) is 5. The van der Waals surface area contributed by atoms with E-state index >= 15 is 0 Å². The van der Waals surface area contributed by atoms with Crippen molar-refractivity contribution in [3.05, 3.63) is 90.2 Å². The van der Waals surface area contributed by atoms with Crippen LogP contribution < -0.4 is 10.5 Å². The molecule has 168 valence electrons. The fourth-order valence-electron chi connectivity index (χ4n) is 2.85. The van der Waals surface area contributed by atoms with Crippen LogP contribution in [0.5, 0.6) is 0 Å². The predicted octanol–water partition coefficient (Wildman–Crippen LogP) is 2.30. The summed E-state index contributed by atoms with van der Waals surface area (Å²) in [6.07, 6.45) is 0. The summed E-state index contributed by atoms with van der Waals surface area (Å²) in [6, 6.07) is 18.0. The molecule has 1 amide bonds. The molecule has 0 atom stereocenters. The number of halogens is 1. The van der Waals surface area contributed by atoms with Crippen LogP contribution in [0.15, 0.2) is 88.7 Å². The lowest BCUT2D eigenvalue weighted by Crippen LogP contribution is -2.37.